The summed E-state index contributed by atoms with van der Waals surface area (Å²) < 4.78 is 24.2. The summed E-state index contributed by atoms with van der Waals surface area (Å²) in [5.74, 6) is 1.59. The Labute approximate surface area is 207 Å². The number of imidazole rings is 1. The number of fused-ring (bicyclic) bond motifs is 3. The van der Waals surface area contributed by atoms with Crippen LogP contribution in [0.3, 0.4) is 0 Å². The van der Waals surface area contributed by atoms with Crippen LogP contribution in [0.15, 0.2) is 18.2 Å². The number of likely N-dealkylation sites (tertiary alicyclic amines) is 1. The Morgan fingerprint density at radius 2 is 1.91 bits per heavy atom. The molecule has 188 valence electrons. The molecule has 0 saturated carbocycles. The van der Waals surface area contributed by atoms with Crippen LogP contribution in [0.5, 0.6) is 5.75 Å². The number of nitrogens with one attached hydrogen (secondary N) is 1. The molecule has 1 amide bonds. The summed E-state index contributed by atoms with van der Waals surface area (Å²) in [6.07, 6.45) is 2.18. The van der Waals surface area contributed by atoms with Crippen molar-refractivity contribution in [3.8, 4) is 17.0 Å². The zero-order valence-corrected chi connectivity index (χ0v) is 21.9. The quantitative estimate of drug-likeness (QED) is 0.641. The van der Waals surface area contributed by atoms with Crippen molar-refractivity contribution in [2.45, 2.75) is 90.6 Å². The Balaban J connectivity index is 1.43. The standard InChI is InChI=1S/C26H36BN3O5/c1-24(2,3)33-23(31)30-13-8-9-19(30)22-28-18-12-14-32-20-15-16(10-11-17(20)21(18)29-22)27-34-25(4,5)26(6,7)35-27/h10-11,15,19H,8-9,12-14H2,1-7H3,(H,28,29)/t19-/m0/s1. The highest BCUT2D eigenvalue weighted by Crippen LogP contribution is 2.40. The lowest BCUT2D eigenvalue weighted by Crippen LogP contribution is -2.41. The Kier molecular flexibility index (Phi) is 5.72. The fraction of sp³-hybridized carbons (Fsp3) is 0.615. The Morgan fingerprint density at radius 1 is 1.20 bits per heavy atom. The molecule has 3 aliphatic heterocycles. The highest BCUT2D eigenvalue weighted by molar-refractivity contribution is 6.62. The first-order valence-corrected chi connectivity index (χ1v) is 12.6. The third kappa shape index (κ3) is 4.44. The van der Waals surface area contributed by atoms with Gasteiger partial charge >= 0.3 is 13.2 Å². The molecule has 0 bridgehead atoms. The zero-order chi connectivity index (χ0) is 25.2. The summed E-state index contributed by atoms with van der Waals surface area (Å²) in [6.45, 7) is 15.1. The number of H-pyrrole nitrogens is 1. The van der Waals surface area contributed by atoms with E-state index in [1.54, 1.807) is 4.90 Å². The van der Waals surface area contributed by atoms with E-state index in [0.717, 1.165) is 46.8 Å². The van der Waals surface area contributed by atoms with Crippen molar-refractivity contribution in [3.63, 3.8) is 0 Å². The molecule has 0 unspecified atom stereocenters. The number of carbonyl (C=O) groups excluding carboxylic acids is 1. The summed E-state index contributed by atoms with van der Waals surface area (Å²) >= 11 is 0. The van der Waals surface area contributed by atoms with E-state index in [1.807, 2.05) is 39.0 Å². The van der Waals surface area contributed by atoms with Gasteiger partial charge in [-0.05, 0) is 78.9 Å². The molecule has 1 aromatic heterocycles. The molecule has 5 rings (SSSR count). The van der Waals surface area contributed by atoms with Crippen LogP contribution in [0, 0.1) is 0 Å². The van der Waals surface area contributed by atoms with Crippen LogP contribution < -0.4 is 10.2 Å². The van der Waals surface area contributed by atoms with Gasteiger partial charge in [-0.2, -0.15) is 0 Å². The number of aromatic nitrogens is 2. The summed E-state index contributed by atoms with van der Waals surface area (Å²) in [7, 11) is -0.449. The third-order valence-electron chi connectivity index (χ3n) is 7.39. The van der Waals surface area contributed by atoms with Crippen LogP contribution in [0.2, 0.25) is 0 Å². The first-order valence-electron chi connectivity index (χ1n) is 12.6. The first kappa shape index (κ1) is 24.2. The maximum atomic E-state index is 12.8. The minimum atomic E-state index is -0.532. The van der Waals surface area contributed by atoms with Gasteiger partial charge in [0.05, 0.1) is 35.2 Å². The molecular formula is C26H36BN3O5. The molecule has 1 atom stereocenters. The van der Waals surface area contributed by atoms with E-state index in [1.165, 1.54) is 0 Å². The fourth-order valence-corrected chi connectivity index (χ4v) is 4.83. The van der Waals surface area contributed by atoms with Crippen molar-refractivity contribution in [3.05, 3.63) is 29.7 Å². The van der Waals surface area contributed by atoms with Gasteiger partial charge in [-0.3, -0.25) is 4.90 Å². The summed E-state index contributed by atoms with van der Waals surface area (Å²) in [5.41, 5.74) is 2.45. The van der Waals surface area contributed by atoms with Crippen LogP contribution in [0.25, 0.3) is 11.3 Å². The molecule has 2 saturated heterocycles. The summed E-state index contributed by atoms with van der Waals surface area (Å²) in [4.78, 5) is 23.1. The molecule has 8 nitrogen and oxygen atoms in total. The van der Waals surface area contributed by atoms with Crippen LogP contribution in [-0.2, 0) is 20.5 Å². The van der Waals surface area contributed by atoms with Gasteiger partial charge in [0.15, 0.2) is 0 Å². The van der Waals surface area contributed by atoms with Crippen LogP contribution in [0.1, 0.15) is 78.9 Å². The average molecular weight is 481 g/mol. The second-order valence-electron chi connectivity index (χ2n) is 11.7. The van der Waals surface area contributed by atoms with Crippen molar-refractivity contribution in [1.29, 1.82) is 0 Å². The van der Waals surface area contributed by atoms with Gasteiger partial charge in [-0.1, -0.05) is 6.07 Å². The minimum Gasteiger partial charge on any atom is -0.492 e. The number of hydrogen-bond donors (Lipinski definition) is 1. The predicted molar refractivity (Wildman–Crippen MR) is 134 cm³/mol. The van der Waals surface area contributed by atoms with Crippen LogP contribution in [0.4, 0.5) is 4.79 Å². The van der Waals surface area contributed by atoms with Gasteiger partial charge in [-0.25, -0.2) is 9.78 Å². The van der Waals surface area contributed by atoms with Gasteiger partial charge in [-0.15, -0.1) is 0 Å². The maximum absolute atomic E-state index is 12.8. The molecule has 9 heteroatoms. The molecule has 2 fully saturated rings. The van der Waals surface area contributed by atoms with Crippen molar-refractivity contribution in [2.24, 2.45) is 0 Å². The van der Waals surface area contributed by atoms with Crippen molar-refractivity contribution < 1.29 is 23.6 Å². The molecule has 1 N–H and O–H groups in total. The topological polar surface area (TPSA) is 85.9 Å². The van der Waals surface area contributed by atoms with Gasteiger partial charge < -0.3 is 23.8 Å². The van der Waals surface area contributed by atoms with E-state index in [2.05, 4.69) is 32.7 Å². The second-order valence-corrected chi connectivity index (χ2v) is 11.7. The van der Waals surface area contributed by atoms with Crippen LogP contribution in [-0.4, -0.2) is 58.0 Å². The Bertz CT molecular complexity index is 1120. The van der Waals surface area contributed by atoms with E-state index >= 15 is 0 Å². The lowest BCUT2D eigenvalue weighted by atomic mass is 9.78. The number of hydrogen-bond acceptors (Lipinski definition) is 6. The number of carbonyl (C=O) groups is 1. The average Bonchev–Trinajstić information content (AvgIpc) is 3.40. The van der Waals surface area contributed by atoms with Gasteiger partial charge in [0.1, 0.15) is 17.2 Å². The molecule has 2 aromatic rings. The summed E-state index contributed by atoms with van der Waals surface area (Å²) in [5, 5.41) is 0. The first-order chi connectivity index (χ1) is 16.3. The third-order valence-corrected chi connectivity index (χ3v) is 7.39. The van der Waals surface area contributed by atoms with Gasteiger partial charge in [0.25, 0.3) is 0 Å². The lowest BCUT2D eigenvalue weighted by Gasteiger charge is -2.32. The minimum absolute atomic E-state index is 0.120. The fourth-order valence-electron chi connectivity index (χ4n) is 4.83. The molecule has 0 aliphatic carbocycles. The monoisotopic (exact) mass is 481 g/mol. The van der Waals surface area contributed by atoms with Crippen LogP contribution >= 0.6 is 0 Å². The number of benzene rings is 1. The highest BCUT2D eigenvalue weighted by Gasteiger charge is 2.52. The lowest BCUT2D eigenvalue weighted by molar-refractivity contribution is 0.00578. The van der Waals surface area contributed by atoms with Crippen molar-refractivity contribution in [2.75, 3.05) is 13.2 Å². The van der Waals surface area contributed by atoms with E-state index in [-0.39, 0.29) is 12.1 Å². The van der Waals surface area contributed by atoms with E-state index in [9.17, 15) is 4.79 Å². The predicted octanol–water partition coefficient (Wildman–Crippen LogP) is 4.38. The van der Waals surface area contributed by atoms with Gasteiger partial charge in [0.2, 0.25) is 0 Å². The van der Waals surface area contributed by atoms with Crippen molar-refractivity contribution >= 4 is 18.7 Å². The number of ether oxygens (including phenoxy) is 2. The number of aromatic amines is 1. The molecule has 35 heavy (non-hydrogen) atoms. The van der Waals surface area contributed by atoms with E-state index < -0.39 is 23.9 Å². The number of amides is 1. The second kappa shape index (κ2) is 8.27. The van der Waals surface area contributed by atoms with Gasteiger partial charge in [0, 0.05) is 18.5 Å². The zero-order valence-electron chi connectivity index (χ0n) is 21.9. The molecule has 3 aliphatic rings. The van der Waals surface area contributed by atoms with E-state index in [0.29, 0.717) is 19.6 Å². The van der Waals surface area contributed by atoms with E-state index in [4.69, 9.17) is 23.8 Å². The molecule has 4 heterocycles. The number of nitrogens with zero attached hydrogens (tertiary/aromatic N) is 2. The maximum Gasteiger partial charge on any atom is 0.494 e. The van der Waals surface area contributed by atoms with Crippen molar-refractivity contribution in [1.82, 2.24) is 14.9 Å². The Hall–Kier alpha value is -2.52. The largest absolute Gasteiger partial charge is 0.494 e. The summed E-state index contributed by atoms with van der Waals surface area (Å²) in [6, 6.07) is 5.96. The molecular weight excluding hydrogens is 445 g/mol. The molecule has 0 spiro atoms. The Morgan fingerprint density at radius 3 is 2.60 bits per heavy atom. The smallest absolute Gasteiger partial charge is 0.492 e. The molecule has 1 aromatic carbocycles. The SMILES string of the molecule is CC(C)(C)OC(=O)N1CCC[C@H]1c1nc2c([nH]1)-c1ccc(B3OC(C)(C)C(C)(C)O3)cc1OCC2. The highest BCUT2D eigenvalue weighted by atomic mass is 16.7. The molecule has 0 radical (unpaired) electrons. The normalized spacial score (nSPS) is 22.9. The number of rotatable bonds is 2.